The van der Waals surface area contributed by atoms with Crippen LogP contribution in [0.1, 0.15) is 29.7 Å². The van der Waals surface area contributed by atoms with Crippen LogP contribution in [0.2, 0.25) is 0 Å². The number of carbonyl (C=O) groups is 3. The third kappa shape index (κ3) is 10.9. The highest BCUT2D eigenvalue weighted by Crippen LogP contribution is 2.30. The van der Waals surface area contributed by atoms with Crippen molar-refractivity contribution in [2.45, 2.75) is 26.7 Å². The predicted octanol–water partition coefficient (Wildman–Crippen LogP) is 4.89. The van der Waals surface area contributed by atoms with Crippen LogP contribution in [0, 0.1) is 13.8 Å². The van der Waals surface area contributed by atoms with Crippen LogP contribution in [0.3, 0.4) is 0 Å². The summed E-state index contributed by atoms with van der Waals surface area (Å²) < 4.78 is 10.8. The number of pyridine rings is 1. The van der Waals surface area contributed by atoms with Gasteiger partial charge in [-0.1, -0.05) is 18.2 Å². The van der Waals surface area contributed by atoms with E-state index in [1.165, 1.54) is 7.11 Å². The quantitative estimate of drug-likeness (QED) is 0.178. The molecule has 0 saturated heterocycles. The number of nitrogens with zero attached hydrogens (tertiary/aromatic N) is 3. The van der Waals surface area contributed by atoms with Crippen molar-refractivity contribution in [1.29, 1.82) is 0 Å². The molecule has 4 rings (SSSR count). The maximum atomic E-state index is 11.5. The first-order chi connectivity index (χ1) is 20.6. The van der Waals surface area contributed by atoms with Crippen LogP contribution in [0.25, 0.3) is 17.0 Å². The molecule has 4 N–H and O–H groups in total. The van der Waals surface area contributed by atoms with Crippen molar-refractivity contribution in [1.82, 2.24) is 20.3 Å². The van der Waals surface area contributed by atoms with Gasteiger partial charge >= 0.3 is 11.9 Å². The first kappa shape index (κ1) is 32.2. The molecule has 224 valence electrons. The Morgan fingerprint density at radius 1 is 0.930 bits per heavy atom. The number of fused-ring (bicyclic) bond motifs is 1. The highest BCUT2D eigenvalue weighted by Gasteiger charge is 2.08. The zero-order valence-corrected chi connectivity index (χ0v) is 24.0. The van der Waals surface area contributed by atoms with E-state index in [1.807, 2.05) is 74.5 Å². The molecule has 2 heterocycles. The minimum absolute atomic E-state index is 0.0475. The maximum Gasteiger partial charge on any atom is 0.303 e. The number of methoxy groups -OCH3 is 1. The van der Waals surface area contributed by atoms with E-state index in [1.54, 1.807) is 12.5 Å². The molecule has 43 heavy (non-hydrogen) atoms. The van der Waals surface area contributed by atoms with Gasteiger partial charge in [-0.2, -0.15) is 0 Å². The van der Waals surface area contributed by atoms with Crippen LogP contribution in [0.15, 0.2) is 67.1 Å². The average Bonchev–Trinajstić information content (AvgIpc) is 2.97. The number of hydrogen-bond donors (Lipinski definition) is 4. The molecule has 0 aliphatic carbocycles. The van der Waals surface area contributed by atoms with E-state index >= 15 is 0 Å². The summed E-state index contributed by atoms with van der Waals surface area (Å²) in [4.78, 5) is 43.9. The van der Waals surface area contributed by atoms with Gasteiger partial charge in [-0.3, -0.25) is 19.4 Å². The Bertz CT molecular complexity index is 1580. The number of carboxylic acid groups (broad SMARTS) is 2. The van der Waals surface area contributed by atoms with Crippen LogP contribution in [0.4, 0.5) is 11.5 Å². The van der Waals surface area contributed by atoms with Gasteiger partial charge in [0.15, 0.2) is 0 Å². The molecule has 2 aromatic carbocycles. The highest BCUT2D eigenvalue weighted by atomic mass is 16.5. The van der Waals surface area contributed by atoms with Gasteiger partial charge in [0.05, 0.1) is 24.6 Å². The fraction of sp³-hybridized carbons (Fsp3) is 0.226. The normalized spacial score (nSPS) is 10.6. The van der Waals surface area contributed by atoms with Gasteiger partial charge in [-0.05, 0) is 67.4 Å². The van der Waals surface area contributed by atoms with Gasteiger partial charge in [-0.15, -0.1) is 0 Å². The zero-order chi connectivity index (χ0) is 31.2. The van der Waals surface area contributed by atoms with Gasteiger partial charge in [0, 0.05) is 30.4 Å². The summed E-state index contributed by atoms with van der Waals surface area (Å²) >= 11 is 0. The molecule has 0 aliphatic rings. The van der Waals surface area contributed by atoms with Gasteiger partial charge in [0.1, 0.15) is 30.3 Å². The van der Waals surface area contributed by atoms with Gasteiger partial charge in [0.25, 0.3) is 0 Å². The van der Waals surface area contributed by atoms with Crippen molar-refractivity contribution in [3.63, 3.8) is 0 Å². The van der Waals surface area contributed by atoms with E-state index in [2.05, 4.69) is 25.6 Å². The molecule has 0 radical (unpaired) electrons. The summed E-state index contributed by atoms with van der Waals surface area (Å²) in [5.41, 5.74) is 4.62. The molecule has 12 heteroatoms. The van der Waals surface area contributed by atoms with Crippen molar-refractivity contribution >= 4 is 46.3 Å². The van der Waals surface area contributed by atoms with Gasteiger partial charge < -0.3 is 30.3 Å². The number of rotatable bonds is 12. The number of carbonyl (C=O) groups excluding carboxylic acids is 1. The second-order valence-electron chi connectivity index (χ2n) is 9.27. The lowest BCUT2D eigenvalue weighted by atomic mass is 10.1. The second kappa shape index (κ2) is 16.2. The number of amides is 1. The van der Waals surface area contributed by atoms with E-state index in [0.29, 0.717) is 18.1 Å². The van der Waals surface area contributed by atoms with E-state index in [9.17, 15) is 14.4 Å². The minimum Gasteiger partial charge on any atom is -0.481 e. The summed E-state index contributed by atoms with van der Waals surface area (Å²) in [6.45, 7) is 4.40. The lowest BCUT2D eigenvalue weighted by molar-refractivity contribution is -0.143. The van der Waals surface area contributed by atoms with Crippen LogP contribution >= 0.6 is 0 Å². The Morgan fingerprint density at radius 2 is 1.70 bits per heavy atom. The fourth-order valence-corrected chi connectivity index (χ4v) is 3.66. The van der Waals surface area contributed by atoms with Gasteiger partial charge in [0.2, 0.25) is 5.91 Å². The van der Waals surface area contributed by atoms with Crippen molar-refractivity contribution in [2.24, 2.45) is 0 Å². The summed E-state index contributed by atoms with van der Waals surface area (Å²) in [6.07, 6.45) is 6.50. The van der Waals surface area contributed by atoms with Crippen molar-refractivity contribution in [3.8, 4) is 11.5 Å². The van der Waals surface area contributed by atoms with Crippen LogP contribution in [-0.2, 0) is 19.1 Å². The molecule has 0 atom stereocenters. The van der Waals surface area contributed by atoms with E-state index < -0.39 is 11.9 Å². The maximum absolute atomic E-state index is 11.5. The lowest BCUT2D eigenvalue weighted by Crippen LogP contribution is -2.26. The number of anilines is 2. The molecular formula is C31H33N5O7. The molecule has 0 aliphatic heterocycles. The Balaban J connectivity index is 0.000000557. The van der Waals surface area contributed by atoms with Gasteiger partial charge in [-0.25, -0.2) is 9.97 Å². The smallest absolute Gasteiger partial charge is 0.303 e. The number of aliphatic carboxylic acids is 2. The SMILES string of the molecule is COCC(=O)NC/C=C/c1ccc2ncnc(Nc3ccc(Oc4ccc(C)nc4)c(C)c3)c2c1.O=C(O)CCC(=O)O. The predicted molar refractivity (Wildman–Crippen MR) is 161 cm³/mol. The molecule has 12 nitrogen and oxygen atoms in total. The monoisotopic (exact) mass is 587 g/mol. The molecule has 0 fully saturated rings. The number of benzene rings is 2. The Hall–Kier alpha value is -5.36. The number of hydrogen-bond acceptors (Lipinski definition) is 9. The number of aromatic nitrogens is 3. The van der Waals surface area contributed by atoms with Crippen molar-refractivity contribution in [3.05, 3.63) is 84.0 Å². The van der Waals surface area contributed by atoms with Crippen LogP contribution < -0.4 is 15.4 Å². The van der Waals surface area contributed by atoms with E-state index in [0.717, 1.165) is 39.2 Å². The number of nitrogens with one attached hydrogen (secondary N) is 2. The molecule has 0 spiro atoms. The third-order valence-electron chi connectivity index (χ3n) is 5.76. The van der Waals surface area contributed by atoms with E-state index in [4.69, 9.17) is 19.7 Å². The third-order valence-corrected chi connectivity index (χ3v) is 5.76. The highest BCUT2D eigenvalue weighted by molar-refractivity contribution is 5.92. The first-order valence-electron chi connectivity index (χ1n) is 13.2. The zero-order valence-electron chi connectivity index (χ0n) is 24.0. The molecule has 2 aromatic heterocycles. The number of aryl methyl sites for hydroxylation is 2. The summed E-state index contributed by atoms with van der Waals surface area (Å²) in [7, 11) is 1.49. The topological polar surface area (TPSA) is 173 Å². The fourth-order valence-electron chi connectivity index (χ4n) is 3.66. The van der Waals surface area contributed by atoms with Crippen LogP contribution in [0.5, 0.6) is 11.5 Å². The average molecular weight is 588 g/mol. The molecular weight excluding hydrogens is 554 g/mol. The number of ether oxygens (including phenoxy) is 2. The Kier molecular flexibility index (Phi) is 12.1. The summed E-state index contributed by atoms with van der Waals surface area (Å²) in [6, 6.07) is 15.6. The summed E-state index contributed by atoms with van der Waals surface area (Å²) in [5, 5.41) is 22.8. The lowest BCUT2D eigenvalue weighted by Gasteiger charge is -2.12. The number of carboxylic acids is 2. The van der Waals surface area contributed by atoms with Crippen molar-refractivity contribution < 1.29 is 34.1 Å². The second-order valence-corrected chi connectivity index (χ2v) is 9.27. The van der Waals surface area contributed by atoms with Crippen LogP contribution in [-0.4, -0.2) is 63.3 Å². The molecule has 4 aromatic rings. The molecule has 1 amide bonds. The Labute approximate surface area is 248 Å². The Morgan fingerprint density at radius 3 is 2.35 bits per heavy atom. The largest absolute Gasteiger partial charge is 0.481 e. The summed E-state index contributed by atoms with van der Waals surface area (Å²) in [5.74, 6) is -0.147. The minimum atomic E-state index is -1.08. The molecule has 0 bridgehead atoms. The molecule has 0 unspecified atom stereocenters. The first-order valence-corrected chi connectivity index (χ1v) is 13.2. The van der Waals surface area contributed by atoms with Crippen molar-refractivity contribution in [2.75, 3.05) is 25.6 Å². The van der Waals surface area contributed by atoms with E-state index in [-0.39, 0.29) is 25.4 Å². The molecule has 0 saturated carbocycles. The standard InChI is InChI=1S/C27H27N5O3.C4H6O4/c1-18-13-21(8-11-25(18)35-22-9-6-19(2)29-15-22)32-27-23-14-20(7-10-24(23)30-17-31-27)5-4-12-28-26(33)16-34-3;5-3(6)1-2-4(7)8/h4-11,13-15,17H,12,16H2,1-3H3,(H,28,33)(H,30,31,32);1-2H2,(H,5,6)(H,7,8)/b5-4+;.